The summed E-state index contributed by atoms with van der Waals surface area (Å²) in [6.07, 6.45) is 0. The summed E-state index contributed by atoms with van der Waals surface area (Å²) >= 11 is 0. The van der Waals surface area contributed by atoms with Crippen LogP contribution in [0.25, 0.3) is 0 Å². The highest BCUT2D eigenvalue weighted by molar-refractivity contribution is 6.13. The van der Waals surface area contributed by atoms with Crippen molar-refractivity contribution in [2.45, 2.75) is 12.8 Å². The molecule has 0 amide bonds. The standard InChI is InChI=1S/C12H12F2O4/c1-3-18-11(16)12(13,14)10(15)8-5-4-6-9(7-8)17-2/h4-7H,3H2,1-2H3. The maximum atomic E-state index is 13.5. The van der Waals surface area contributed by atoms with Crippen LogP contribution in [0.4, 0.5) is 8.78 Å². The van der Waals surface area contributed by atoms with Gasteiger partial charge in [-0.25, -0.2) is 4.79 Å². The summed E-state index contributed by atoms with van der Waals surface area (Å²) in [5.74, 6) is -7.40. The number of benzene rings is 1. The number of methoxy groups -OCH3 is 1. The van der Waals surface area contributed by atoms with E-state index in [9.17, 15) is 18.4 Å². The van der Waals surface area contributed by atoms with Gasteiger partial charge >= 0.3 is 11.9 Å². The Balaban J connectivity index is 3.01. The lowest BCUT2D eigenvalue weighted by Gasteiger charge is -2.13. The van der Waals surface area contributed by atoms with Gasteiger partial charge in [0.15, 0.2) is 0 Å². The number of Topliss-reactive ketones (excluding diaryl/α,β-unsaturated/α-hetero) is 1. The van der Waals surface area contributed by atoms with Crippen LogP contribution >= 0.6 is 0 Å². The maximum absolute atomic E-state index is 13.5. The highest BCUT2D eigenvalue weighted by atomic mass is 19.3. The maximum Gasteiger partial charge on any atom is 0.404 e. The van der Waals surface area contributed by atoms with E-state index in [4.69, 9.17) is 4.74 Å². The predicted octanol–water partition coefficient (Wildman–Crippen LogP) is 2.08. The lowest BCUT2D eigenvalue weighted by Crippen LogP contribution is -2.39. The number of ketones is 1. The van der Waals surface area contributed by atoms with Crippen LogP contribution in [0.15, 0.2) is 24.3 Å². The van der Waals surface area contributed by atoms with Crippen molar-refractivity contribution in [2.75, 3.05) is 13.7 Å². The van der Waals surface area contributed by atoms with Gasteiger partial charge in [0, 0.05) is 5.56 Å². The molecule has 18 heavy (non-hydrogen) atoms. The summed E-state index contributed by atoms with van der Waals surface area (Å²) in [4.78, 5) is 22.6. The Bertz CT molecular complexity index is 457. The van der Waals surface area contributed by atoms with Crippen LogP contribution in [0, 0.1) is 0 Å². The molecule has 0 aliphatic carbocycles. The van der Waals surface area contributed by atoms with Gasteiger partial charge in [-0.1, -0.05) is 12.1 Å². The van der Waals surface area contributed by atoms with Gasteiger partial charge in [0.05, 0.1) is 13.7 Å². The lowest BCUT2D eigenvalue weighted by molar-refractivity contribution is -0.164. The molecule has 0 heterocycles. The Hall–Kier alpha value is -1.98. The topological polar surface area (TPSA) is 52.6 Å². The van der Waals surface area contributed by atoms with Gasteiger partial charge in [0.25, 0.3) is 0 Å². The number of hydrogen-bond donors (Lipinski definition) is 0. The first-order valence-corrected chi connectivity index (χ1v) is 5.17. The van der Waals surface area contributed by atoms with E-state index in [0.717, 1.165) is 6.07 Å². The molecule has 98 valence electrons. The van der Waals surface area contributed by atoms with Gasteiger partial charge in [0.1, 0.15) is 5.75 Å². The van der Waals surface area contributed by atoms with E-state index in [2.05, 4.69) is 4.74 Å². The highest BCUT2D eigenvalue weighted by Crippen LogP contribution is 2.24. The molecular formula is C12H12F2O4. The molecule has 0 unspecified atom stereocenters. The van der Waals surface area contributed by atoms with E-state index >= 15 is 0 Å². The molecule has 1 rings (SSSR count). The fraction of sp³-hybridized carbons (Fsp3) is 0.333. The number of carbonyl (C=O) groups excluding carboxylic acids is 2. The van der Waals surface area contributed by atoms with Crippen LogP contribution in [0.5, 0.6) is 5.75 Å². The molecule has 0 radical (unpaired) electrons. The number of halogens is 2. The predicted molar refractivity (Wildman–Crippen MR) is 58.9 cm³/mol. The minimum atomic E-state index is -4.19. The van der Waals surface area contributed by atoms with E-state index in [1.807, 2.05) is 0 Å². The Kier molecular flexibility index (Phi) is 4.36. The summed E-state index contributed by atoms with van der Waals surface area (Å²) in [5.41, 5.74) is -0.313. The van der Waals surface area contributed by atoms with E-state index in [1.54, 1.807) is 0 Å². The average Bonchev–Trinajstić information content (AvgIpc) is 2.38. The van der Waals surface area contributed by atoms with E-state index in [1.165, 1.54) is 32.2 Å². The van der Waals surface area contributed by atoms with Crippen LogP contribution in [0.2, 0.25) is 0 Å². The molecule has 0 atom stereocenters. The lowest BCUT2D eigenvalue weighted by atomic mass is 10.1. The minimum Gasteiger partial charge on any atom is -0.497 e. The summed E-state index contributed by atoms with van der Waals surface area (Å²) in [5, 5.41) is 0. The zero-order valence-electron chi connectivity index (χ0n) is 9.91. The minimum absolute atomic E-state index is 0.222. The molecule has 1 aromatic rings. The van der Waals surface area contributed by atoms with Crippen molar-refractivity contribution in [3.05, 3.63) is 29.8 Å². The molecule has 4 nitrogen and oxygen atoms in total. The number of carbonyl (C=O) groups is 2. The van der Waals surface area contributed by atoms with Crippen molar-refractivity contribution < 1.29 is 27.8 Å². The number of hydrogen-bond acceptors (Lipinski definition) is 4. The van der Waals surface area contributed by atoms with Crippen LogP contribution in [0.3, 0.4) is 0 Å². The Morgan fingerprint density at radius 1 is 1.33 bits per heavy atom. The van der Waals surface area contributed by atoms with Crippen LogP contribution in [0.1, 0.15) is 17.3 Å². The Morgan fingerprint density at radius 3 is 2.56 bits per heavy atom. The second kappa shape index (κ2) is 5.57. The number of alkyl halides is 2. The quantitative estimate of drug-likeness (QED) is 0.461. The zero-order chi connectivity index (χ0) is 13.8. The van der Waals surface area contributed by atoms with E-state index < -0.39 is 17.7 Å². The first-order valence-electron chi connectivity index (χ1n) is 5.17. The normalized spacial score (nSPS) is 10.9. The molecule has 0 fully saturated rings. The third-order valence-electron chi connectivity index (χ3n) is 2.15. The smallest absolute Gasteiger partial charge is 0.404 e. The van der Waals surface area contributed by atoms with Gasteiger partial charge in [-0.2, -0.15) is 8.78 Å². The number of rotatable bonds is 5. The number of esters is 1. The molecule has 0 saturated carbocycles. The van der Waals surface area contributed by atoms with Crippen LogP contribution < -0.4 is 4.74 Å². The highest BCUT2D eigenvalue weighted by Gasteiger charge is 2.49. The van der Waals surface area contributed by atoms with Crippen LogP contribution in [-0.4, -0.2) is 31.4 Å². The van der Waals surface area contributed by atoms with E-state index in [0.29, 0.717) is 0 Å². The third kappa shape index (κ3) is 2.82. The first-order chi connectivity index (χ1) is 8.43. The molecule has 0 spiro atoms. The molecule has 0 N–H and O–H groups in total. The molecule has 0 aromatic heterocycles. The molecule has 0 bridgehead atoms. The second-order valence-corrected chi connectivity index (χ2v) is 3.36. The first kappa shape index (κ1) is 14.1. The fourth-order valence-electron chi connectivity index (χ4n) is 1.26. The molecule has 1 aromatic carbocycles. The number of ether oxygens (including phenoxy) is 2. The van der Waals surface area contributed by atoms with Crippen molar-refractivity contribution in [1.29, 1.82) is 0 Å². The third-order valence-corrected chi connectivity index (χ3v) is 2.15. The van der Waals surface area contributed by atoms with Crippen molar-refractivity contribution >= 4 is 11.8 Å². The Labute approximate surface area is 103 Å². The Morgan fingerprint density at radius 2 is 2.00 bits per heavy atom. The van der Waals surface area contributed by atoms with Gasteiger partial charge in [-0.05, 0) is 19.1 Å². The van der Waals surface area contributed by atoms with Crippen molar-refractivity contribution in [2.24, 2.45) is 0 Å². The second-order valence-electron chi connectivity index (χ2n) is 3.36. The van der Waals surface area contributed by atoms with Crippen molar-refractivity contribution in [3.8, 4) is 5.75 Å². The van der Waals surface area contributed by atoms with E-state index in [-0.39, 0.29) is 17.9 Å². The summed E-state index contributed by atoms with van der Waals surface area (Å²) < 4.78 is 35.9. The van der Waals surface area contributed by atoms with Gasteiger partial charge in [-0.3, -0.25) is 4.79 Å². The fourth-order valence-corrected chi connectivity index (χ4v) is 1.26. The summed E-state index contributed by atoms with van der Waals surface area (Å²) in [6, 6.07) is 5.19. The van der Waals surface area contributed by atoms with Crippen molar-refractivity contribution in [1.82, 2.24) is 0 Å². The summed E-state index contributed by atoms with van der Waals surface area (Å²) in [7, 11) is 1.34. The van der Waals surface area contributed by atoms with Gasteiger partial charge in [0.2, 0.25) is 5.78 Å². The molecule has 6 heteroatoms. The largest absolute Gasteiger partial charge is 0.497 e. The molecule has 0 aliphatic rings. The molecular weight excluding hydrogens is 246 g/mol. The molecule has 0 saturated heterocycles. The van der Waals surface area contributed by atoms with Gasteiger partial charge in [-0.15, -0.1) is 0 Å². The average molecular weight is 258 g/mol. The van der Waals surface area contributed by atoms with Crippen LogP contribution in [-0.2, 0) is 9.53 Å². The van der Waals surface area contributed by atoms with Gasteiger partial charge < -0.3 is 9.47 Å². The van der Waals surface area contributed by atoms with Crippen molar-refractivity contribution in [3.63, 3.8) is 0 Å². The monoisotopic (exact) mass is 258 g/mol. The summed E-state index contributed by atoms with van der Waals surface area (Å²) in [6.45, 7) is 1.16. The molecule has 0 aliphatic heterocycles. The zero-order valence-corrected chi connectivity index (χ0v) is 9.91. The SMILES string of the molecule is CCOC(=O)C(F)(F)C(=O)c1cccc(OC)c1.